The topological polar surface area (TPSA) is 25.8 Å². The maximum Gasteiger partial charge on any atom is 0.152 e. The Morgan fingerprint density at radius 3 is 1.88 bits per heavy atom. The van der Waals surface area contributed by atoms with Gasteiger partial charge in [0.1, 0.15) is 0 Å². The molecule has 2 nitrogen and oxygen atoms in total. The third-order valence-corrected chi connectivity index (χ3v) is 6.49. The molecule has 0 saturated heterocycles. The number of hydrogen-bond acceptors (Lipinski definition) is 4. The first kappa shape index (κ1) is 16.6. The van der Waals surface area contributed by atoms with Crippen molar-refractivity contribution in [3.8, 4) is 32.5 Å². The lowest BCUT2D eigenvalue weighted by atomic mass is 10.1. The van der Waals surface area contributed by atoms with Gasteiger partial charge < -0.3 is 0 Å². The van der Waals surface area contributed by atoms with Gasteiger partial charge in [0.2, 0.25) is 0 Å². The fourth-order valence-electron chi connectivity index (χ4n) is 2.53. The summed E-state index contributed by atoms with van der Waals surface area (Å²) in [5.74, 6) is 0. The van der Waals surface area contributed by atoms with Crippen LogP contribution in [0.25, 0.3) is 32.5 Å². The molecule has 5 heteroatoms. The molecule has 0 atom stereocenters. The maximum absolute atomic E-state index is 4.80. The highest BCUT2D eigenvalue weighted by molar-refractivity contribution is 9.10. The van der Waals surface area contributed by atoms with Gasteiger partial charge in [0.15, 0.2) is 10.0 Å². The minimum absolute atomic E-state index is 0.970. The van der Waals surface area contributed by atoms with Crippen LogP contribution in [0.15, 0.2) is 57.7 Å². The zero-order valence-corrected chi connectivity index (χ0v) is 17.0. The molecule has 2 aromatic carbocycles. The van der Waals surface area contributed by atoms with Gasteiger partial charge in [0.05, 0.1) is 11.4 Å². The van der Waals surface area contributed by atoms with Gasteiger partial charge in [-0.15, -0.1) is 22.7 Å². The lowest BCUT2D eigenvalue weighted by Gasteiger charge is -2.02. The van der Waals surface area contributed by atoms with Crippen molar-refractivity contribution in [2.75, 3.05) is 0 Å². The monoisotopic (exact) mass is 426 g/mol. The van der Waals surface area contributed by atoms with Crippen molar-refractivity contribution in [1.82, 2.24) is 9.97 Å². The molecule has 0 N–H and O–H groups in total. The van der Waals surface area contributed by atoms with Gasteiger partial charge in [-0.2, -0.15) is 0 Å². The van der Waals surface area contributed by atoms with E-state index in [9.17, 15) is 0 Å². The first-order valence-corrected chi connectivity index (χ1v) is 10.4. The Labute approximate surface area is 163 Å². The smallest absolute Gasteiger partial charge is 0.152 e. The van der Waals surface area contributed by atoms with Crippen LogP contribution in [0.2, 0.25) is 0 Å². The Bertz CT molecular complexity index is 1030. The predicted molar refractivity (Wildman–Crippen MR) is 111 cm³/mol. The Hall–Kier alpha value is -1.82. The molecule has 0 bridgehead atoms. The van der Waals surface area contributed by atoms with E-state index < -0.39 is 0 Å². The van der Waals surface area contributed by atoms with E-state index >= 15 is 0 Å². The molecule has 2 aromatic heterocycles. The third-order valence-electron chi connectivity index (χ3n) is 4.13. The van der Waals surface area contributed by atoms with Gasteiger partial charge in [-0.25, -0.2) is 9.97 Å². The number of rotatable bonds is 3. The summed E-state index contributed by atoms with van der Waals surface area (Å²) in [7, 11) is 0. The molecule has 0 aliphatic rings. The lowest BCUT2D eigenvalue weighted by molar-refractivity contribution is 1.32. The second kappa shape index (κ2) is 6.83. The van der Waals surface area contributed by atoms with Crippen LogP contribution >= 0.6 is 38.6 Å². The molecule has 4 aromatic rings. The van der Waals surface area contributed by atoms with Crippen LogP contribution in [0.5, 0.6) is 0 Å². The van der Waals surface area contributed by atoms with Crippen LogP contribution < -0.4 is 0 Å². The number of halogens is 1. The fraction of sp³-hybridized carbons (Fsp3) is 0.100. The molecule has 0 aliphatic carbocycles. The van der Waals surface area contributed by atoms with Gasteiger partial charge in [-0.05, 0) is 43.2 Å². The Kier molecular flexibility index (Phi) is 4.54. The van der Waals surface area contributed by atoms with E-state index in [1.54, 1.807) is 22.7 Å². The summed E-state index contributed by atoms with van der Waals surface area (Å²) in [6.45, 7) is 4.27. The molecule has 25 heavy (non-hydrogen) atoms. The number of thiazole rings is 2. The summed E-state index contributed by atoms with van der Waals surface area (Å²) in [5.41, 5.74) is 6.89. The summed E-state index contributed by atoms with van der Waals surface area (Å²) in [6.07, 6.45) is 0. The normalized spacial score (nSPS) is 11.0. The molecule has 0 aliphatic heterocycles. The summed E-state index contributed by atoms with van der Waals surface area (Å²) in [5, 5.41) is 6.15. The molecule has 0 amide bonds. The summed E-state index contributed by atoms with van der Waals surface area (Å²) in [6, 6.07) is 14.7. The molecule has 2 heterocycles. The largest absolute Gasteiger partial charge is 0.233 e. The van der Waals surface area contributed by atoms with Crippen molar-refractivity contribution < 1.29 is 0 Å². The zero-order chi connectivity index (χ0) is 17.4. The number of aryl methyl sites for hydroxylation is 2. The van der Waals surface area contributed by atoms with Crippen LogP contribution in [0, 0.1) is 13.8 Å². The molecule has 4 rings (SSSR count). The van der Waals surface area contributed by atoms with E-state index in [0.717, 1.165) is 37.0 Å². The van der Waals surface area contributed by atoms with Crippen molar-refractivity contribution >= 4 is 38.6 Å². The van der Waals surface area contributed by atoms with Crippen LogP contribution in [-0.2, 0) is 0 Å². The molecule has 0 spiro atoms. The van der Waals surface area contributed by atoms with E-state index in [1.165, 1.54) is 11.1 Å². The predicted octanol–water partition coefficient (Wildman–Crippen LogP) is 6.98. The molecule has 0 unspecified atom stereocenters. The molecule has 0 saturated carbocycles. The summed E-state index contributed by atoms with van der Waals surface area (Å²) in [4.78, 5) is 9.57. The van der Waals surface area contributed by atoms with Gasteiger partial charge in [-0.1, -0.05) is 40.2 Å². The van der Waals surface area contributed by atoms with Gasteiger partial charge in [0, 0.05) is 26.4 Å². The number of aromatic nitrogens is 2. The average molecular weight is 427 g/mol. The van der Waals surface area contributed by atoms with Crippen molar-refractivity contribution in [2.45, 2.75) is 13.8 Å². The van der Waals surface area contributed by atoms with E-state index in [4.69, 9.17) is 9.97 Å². The SMILES string of the molecule is Cc1ccc(-c2csc(-c3nc(-c4ccc(Br)cc4)cs3)n2)cc1C. The van der Waals surface area contributed by atoms with E-state index in [2.05, 4.69) is 70.9 Å². The van der Waals surface area contributed by atoms with Crippen LogP contribution in [0.4, 0.5) is 0 Å². The molecular formula is C20H15BrN2S2. The highest BCUT2D eigenvalue weighted by Crippen LogP contribution is 2.33. The molecule has 0 fully saturated rings. The van der Waals surface area contributed by atoms with E-state index in [1.807, 2.05) is 12.1 Å². The first-order chi connectivity index (χ1) is 12.1. The number of benzene rings is 2. The Balaban J connectivity index is 1.64. The average Bonchev–Trinajstić information content (AvgIpc) is 3.27. The van der Waals surface area contributed by atoms with E-state index in [0.29, 0.717) is 0 Å². The maximum atomic E-state index is 4.80. The second-order valence-corrected chi connectivity index (χ2v) is 8.51. The van der Waals surface area contributed by atoms with Crippen LogP contribution in [0.1, 0.15) is 11.1 Å². The van der Waals surface area contributed by atoms with Crippen LogP contribution in [0.3, 0.4) is 0 Å². The van der Waals surface area contributed by atoms with Crippen molar-refractivity contribution in [3.05, 3.63) is 68.8 Å². The van der Waals surface area contributed by atoms with Gasteiger partial charge in [0.25, 0.3) is 0 Å². The van der Waals surface area contributed by atoms with Crippen molar-refractivity contribution in [3.63, 3.8) is 0 Å². The molecule has 0 radical (unpaired) electrons. The summed E-state index contributed by atoms with van der Waals surface area (Å²) < 4.78 is 1.07. The van der Waals surface area contributed by atoms with Gasteiger partial charge in [-0.3, -0.25) is 0 Å². The highest BCUT2D eigenvalue weighted by atomic mass is 79.9. The third kappa shape index (κ3) is 3.45. The van der Waals surface area contributed by atoms with Gasteiger partial charge >= 0.3 is 0 Å². The minimum Gasteiger partial charge on any atom is -0.233 e. The minimum atomic E-state index is 0.970. The second-order valence-electron chi connectivity index (χ2n) is 5.88. The highest BCUT2D eigenvalue weighted by Gasteiger charge is 2.12. The number of nitrogens with zero attached hydrogens (tertiary/aromatic N) is 2. The van der Waals surface area contributed by atoms with Crippen LogP contribution in [-0.4, -0.2) is 9.97 Å². The Morgan fingerprint density at radius 1 is 0.720 bits per heavy atom. The van der Waals surface area contributed by atoms with E-state index in [-0.39, 0.29) is 0 Å². The van der Waals surface area contributed by atoms with Crippen molar-refractivity contribution in [2.24, 2.45) is 0 Å². The number of hydrogen-bond donors (Lipinski definition) is 0. The summed E-state index contributed by atoms with van der Waals surface area (Å²) >= 11 is 6.76. The molecule has 124 valence electrons. The lowest BCUT2D eigenvalue weighted by Crippen LogP contribution is -1.84. The Morgan fingerprint density at radius 2 is 1.28 bits per heavy atom. The quantitative estimate of drug-likeness (QED) is 0.353. The fourth-order valence-corrected chi connectivity index (χ4v) is 4.50. The zero-order valence-electron chi connectivity index (χ0n) is 13.8. The first-order valence-electron chi connectivity index (χ1n) is 7.85. The standard InChI is InChI=1S/C20H15BrN2S2/c1-12-3-4-15(9-13(12)2)18-11-25-20(23-18)19-22-17(10-24-19)14-5-7-16(21)8-6-14/h3-11H,1-2H3. The molecular weight excluding hydrogens is 412 g/mol. The van der Waals surface area contributed by atoms with Crippen molar-refractivity contribution in [1.29, 1.82) is 0 Å².